The molecule has 5 rings (SSSR count). The first kappa shape index (κ1) is 25.3. The van der Waals surface area contributed by atoms with Crippen LogP contribution in [0.15, 0.2) is 55.0 Å². The number of nitro groups is 1. The van der Waals surface area contributed by atoms with Crippen molar-refractivity contribution in [2.24, 2.45) is 0 Å². The summed E-state index contributed by atoms with van der Waals surface area (Å²) in [5.41, 5.74) is 3.35. The molecule has 5 aromatic rings. The van der Waals surface area contributed by atoms with Gasteiger partial charge in [0.15, 0.2) is 11.3 Å². The first-order valence-electron chi connectivity index (χ1n) is 11.9. The van der Waals surface area contributed by atoms with Gasteiger partial charge in [-0.15, -0.1) is 0 Å². The van der Waals surface area contributed by atoms with Crippen molar-refractivity contribution in [2.75, 3.05) is 11.9 Å². The lowest BCUT2D eigenvalue weighted by Gasteiger charge is -2.08. The average Bonchev–Trinajstić information content (AvgIpc) is 3.62. The maximum absolute atomic E-state index is 12.9. The number of rotatable bonds is 8. The van der Waals surface area contributed by atoms with Crippen molar-refractivity contribution in [1.82, 2.24) is 34.2 Å². The monoisotopic (exact) mass is 529 g/mol. The van der Waals surface area contributed by atoms with Crippen LogP contribution in [-0.4, -0.2) is 57.6 Å². The molecule has 0 atom stereocenters. The van der Waals surface area contributed by atoms with Gasteiger partial charge in [-0.1, -0.05) is 12.1 Å². The molecule has 0 aliphatic rings. The molecular formula is C25H23N9O5. The second kappa shape index (κ2) is 10.2. The van der Waals surface area contributed by atoms with E-state index in [1.54, 1.807) is 63.5 Å². The molecule has 39 heavy (non-hydrogen) atoms. The van der Waals surface area contributed by atoms with E-state index in [0.29, 0.717) is 28.4 Å². The molecule has 4 aromatic heterocycles. The molecule has 0 aliphatic heterocycles. The molecule has 0 radical (unpaired) electrons. The van der Waals surface area contributed by atoms with Gasteiger partial charge >= 0.3 is 11.7 Å². The molecule has 14 heteroatoms. The lowest BCUT2D eigenvalue weighted by atomic mass is 10.1. The highest BCUT2D eigenvalue weighted by atomic mass is 16.6. The van der Waals surface area contributed by atoms with Crippen LogP contribution in [0.25, 0.3) is 16.9 Å². The van der Waals surface area contributed by atoms with Gasteiger partial charge in [0, 0.05) is 23.6 Å². The van der Waals surface area contributed by atoms with E-state index in [-0.39, 0.29) is 30.2 Å². The minimum atomic E-state index is -0.506. The van der Waals surface area contributed by atoms with Crippen molar-refractivity contribution >= 4 is 28.9 Å². The summed E-state index contributed by atoms with van der Waals surface area (Å²) in [5.74, 6) is -0.942. The number of ether oxygens (including phenoxy) is 1. The summed E-state index contributed by atoms with van der Waals surface area (Å²) in [7, 11) is 0. The van der Waals surface area contributed by atoms with Crippen LogP contribution < -0.4 is 5.32 Å². The third kappa shape index (κ3) is 4.82. The fraction of sp³-hybridized carbons (Fsp3) is 0.200. The second-order valence-corrected chi connectivity index (χ2v) is 8.54. The van der Waals surface area contributed by atoms with Crippen molar-refractivity contribution in [3.63, 3.8) is 0 Å². The third-order valence-electron chi connectivity index (χ3n) is 5.99. The Balaban J connectivity index is 1.34. The SMILES string of the molecule is CCOC(=O)c1cnn2c(-c3cccc(NC(=O)c4ccn(Cn5nc(C)c([N+](=O)[O-])c5C)n4)c3)ccnc12. The molecular weight excluding hydrogens is 506 g/mol. The highest BCUT2D eigenvalue weighted by Gasteiger charge is 2.22. The highest BCUT2D eigenvalue weighted by molar-refractivity contribution is 6.03. The van der Waals surface area contributed by atoms with Crippen molar-refractivity contribution < 1.29 is 19.2 Å². The number of hydrogen-bond acceptors (Lipinski definition) is 9. The van der Waals surface area contributed by atoms with Gasteiger partial charge in [-0.2, -0.15) is 15.3 Å². The summed E-state index contributed by atoms with van der Waals surface area (Å²) < 4.78 is 9.56. The maximum atomic E-state index is 12.9. The number of benzene rings is 1. The molecule has 0 fully saturated rings. The molecule has 198 valence electrons. The Morgan fingerprint density at radius 1 is 1.15 bits per heavy atom. The van der Waals surface area contributed by atoms with Crippen LogP contribution in [-0.2, 0) is 11.4 Å². The molecule has 0 saturated heterocycles. The molecule has 0 spiro atoms. The number of carbonyl (C=O) groups excluding carboxylic acids is 2. The van der Waals surface area contributed by atoms with Crippen LogP contribution in [0.2, 0.25) is 0 Å². The number of hydrogen-bond donors (Lipinski definition) is 1. The van der Waals surface area contributed by atoms with Crippen LogP contribution in [0.5, 0.6) is 0 Å². The van der Waals surface area contributed by atoms with Crippen LogP contribution in [0.4, 0.5) is 11.4 Å². The number of amides is 1. The quantitative estimate of drug-likeness (QED) is 0.180. The molecule has 0 unspecified atom stereocenters. The van der Waals surface area contributed by atoms with E-state index in [4.69, 9.17) is 4.74 Å². The number of carbonyl (C=O) groups is 2. The first-order chi connectivity index (χ1) is 18.8. The van der Waals surface area contributed by atoms with Gasteiger partial charge in [0.2, 0.25) is 0 Å². The third-order valence-corrected chi connectivity index (χ3v) is 5.99. The number of esters is 1. The Bertz CT molecular complexity index is 1730. The van der Waals surface area contributed by atoms with E-state index in [1.807, 2.05) is 6.07 Å². The Labute approximate surface area is 221 Å². The standard InChI is InChI=1S/C25H23N9O5/c1-4-39-25(36)19-13-27-33-21(8-10-26-23(19)33)17-6-5-7-18(12-17)28-24(35)20-9-11-31(30-20)14-32-16(3)22(34(37)38)15(2)29-32/h5-13H,4,14H2,1-3H3,(H,28,35). The zero-order valence-corrected chi connectivity index (χ0v) is 21.2. The zero-order chi connectivity index (χ0) is 27.7. The van der Waals surface area contributed by atoms with E-state index in [9.17, 15) is 19.7 Å². The highest BCUT2D eigenvalue weighted by Crippen LogP contribution is 2.25. The Morgan fingerprint density at radius 2 is 1.97 bits per heavy atom. The molecule has 1 aromatic carbocycles. The van der Waals surface area contributed by atoms with Crippen molar-refractivity contribution in [3.8, 4) is 11.3 Å². The molecule has 4 heterocycles. The summed E-state index contributed by atoms with van der Waals surface area (Å²) >= 11 is 0. The second-order valence-electron chi connectivity index (χ2n) is 8.54. The fourth-order valence-corrected chi connectivity index (χ4v) is 4.20. The predicted molar refractivity (Wildman–Crippen MR) is 138 cm³/mol. The Morgan fingerprint density at radius 3 is 2.72 bits per heavy atom. The summed E-state index contributed by atoms with van der Waals surface area (Å²) in [6.07, 6.45) is 4.58. The Hall–Kier alpha value is -5.40. The van der Waals surface area contributed by atoms with E-state index >= 15 is 0 Å². The van der Waals surface area contributed by atoms with Crippen molar-refractivity contribution in [3.05, 3.63) is 87.7 Å². The van der Waals surface area contributed by atoms with E-state index < -0.39 is 16.8 Å². The van der Waals surface area contributed by atoms with E-state index in [2.05, 4.69) is 25.6 Å². The lowest BCUT2D eigenvalue weighted by Crippen LogP contribution is -2.15. The predicted octanol–water partition coefficient (Wildman–Crippen LogP) is 3.25. The molecule has 1 N–H and O–H groups in total. The van der Waals surface area contributed by atoms with Gasteiger partial charge in [-0.25, -0.2) is 19.0 Å². The van der Waals surface area contributed by atoms with Gasteiger partial charge < -0.3 is 10.1 Å². The number of nitrogens with zero attached hydrogens (tertiary/aromatic N) is 8. The Kier molecular flexibility index (Phi) is 6.58. The van der Waals surface area contributed by atoms with Crippen LogP contribution in [0.3, 0.4) is 0 Å². The number of fused-ring (bicyclic) bond motifs is 1. The first-order valence-corrected chi connectivity index (χ1v) is 11.9. The number of anilines is 1. The molecule has 0 aliphatic carbocycles. The largest absolute Gasteiger partial charge is 0.462 e. The molecule has 0 saturated carbocycles. The van der Waals surface area contributed by atoms with Crippen molar-refractivity contribution in [2.45, 2.75) is 27.4 Å². The number of nitrogens with one attached hydrogen (secondary N) is 1. The zero-order valence-electron chi connectivity index (χ0n) is 21.2. The molecule has 0 bridgehead atoms. The minimum Gasteiger partial charge on any atom is -0.462 e. The summed E-state index contributed by atoms with van der Waals surface area (Å²) in [6, 6.07) is 10.4. The molecule has 14 nitrogen and oxygen atoms in total. The summed E-state index contributed by atoms with van der Waals surface area (Å²) in [4.78, 5) is 40.2. The van der Waals surface area contributed by atoms with Crippen molar-refractivity contribution in [1.29, 1.82) is 0 Å². The number of aromatic nitrogens is 7. The van der Waals surface area contributed by atoms with Gasteiger partial charge in [0.1, 0.15) is 23.6 Å². The van der Waals surface area contributed by atoms with Gasteiger partial charge in [0.05, 0.1) is 23.4 Å². The fourth-order valence-electron chi connectivity index (χ4n) is 4.20. The normalized spacial score (nSPS) is 11.1. The van der Waals surface area contributed by atoms with Gasteiger partial charge in [-0.05, 0) is 45.0 Å². The summed E-state index contributed by atoms with van der Waals surface area (Å²) in [5, 5.41) is 26.9. The van der Waals surface area contributed by atoms with E-state index in [0.717, 1.165) is 5.56 Å². The van der Waals surface area contributed by atoms with Gasteiger partial charge in [-0.3, -0.25) is 19.6 Å². The van der Waals surface area contributed by atoms with Gasteiger partial charge in [0.25, 0.3) is 5.91 Å². The topological polar surface area (TPSA) is 164 Å². The average molecular weight is 530 g/mol. The van der Waals surface area contributed by atoms with Crippen LogP contribution >= 0.6 is 0 Å². The lowest BCUT2D eigenvalue weighted by molar-refractivity contribution is -0.386. The molecule has 1 amide bonds. The van der Waals surface area contributed by atoms with Crippen LogP contribution in [0, 0.1) is 24.0 Å². The van der Waals surface area contributed by atoms with Crippen LogP contribution in [0.1, 0.15) is 39.2 Å². The smallest absolute Gasteiger partial charge is 0.343 e. The maximum Gasteiger partial charge on any atom is 0.343 e. The summed E-state index contributed by atoms with van der Waals surface area (Å²) in [6.45, 7) is 5.25. The van der Waals surface area contributed by atoms with E-state index in [1.165, 1.54) is 20.1 Å². The number of aryl methyl sites for hydroxylation is 1. The minimum absolute atomic E-state index is 0.0429.